The van der Waals surface area contributed by atoms with Crippen molar-refractivity contribution in [2.24, 2.45) is 0 Å². The van der Waals surface area contributed by atoms with E-state index in [1.807, 2.05) is 6.92 Å². The fourth-order valence-corrected chi connectivity index (χ4v) is 1.39. The maximum absolute atomic E-state index is 11.3. The number of rotatable bonds is 6. The van der Waals surface area contributed by atoms with Crippen LogP contribution in [0.25, 0.3) is 0 Å². The van der Waals surface area contributed by atoms with Crippen LogP contribution in [0.4, 0.5) is 0 Å². The lowest BCUT2D eigenvalue weighted by Crippen LogP contribution is -2.24. The SMILES string of the molecule is CCCNC(=O)CCC(C#N)c1ccco1. The van der Waals surface area contributed by atoms with Crippen molar-refractivity contribution < 1.29 is 9.21 Å². The van der Waals surface area contributed by atoms with Gasteiger partial charge in [-0.2, -0.15) is 5.26 Å². The fourth-order valence-electron chi connectivity index (χ4n) is 1.39. The van der Waals surface area contributed by atoms with Crippen molar-refractivity contribution in [3.63, 3.8) is 0 Å². The first-order valence-corrected chi connectivity index (χ1v) is 5.47. The third-order valence-corrected chi connectivity index (χ3v) is 2.27. The Labute approximate surface area is 95.2 Å². The molecule has 16 heavy (non-hydrogen) atoms. The molecule has 0 saturated carbocycles. The molecule has 0 aliphatic rings. The van der Waals surface area contributed by atoms with E-state index in [0.29, 0.717) is 25.1 Å². The number of carbonyl (C=O) groups excluding carboxylic acids is 1. The van der Waals surface area contributed by atoms with Crippen molar-refractivity contribution in [3.05, 3.63) is 24.2 Å². The van der Waals surface area contributed by atoms with Gasteiger partial charge in [-0.1, -0.05) is 6.92 Å². The summed E-state index contributed by atoms with van der Waals surface area (Å²) in [6.45, 7) is 2.69. The molecular weight excluding hydrogens is 204 g/mol. The second-order valence-electron chi connectivity index (χ2n) is 3.59. The highest BCUT2D eigenvalue weighted by Gasteiger charge is 2.14. The van der Waals surface area contributed by atoms with E-state index in [1.165, 1.54) is 6.26 Å². The smallest absolute Gasteiger partial charge is 0.220 e. The zero-order valence-corrected chi connectivity index (χ0v) is 9.40. The van der Waals surface area contributed by atoms with Crippen LogP contribution in [0.1, 0.15) is 37.9 Å². The molecule has 0 bridgehead atoms. The van der Waals surface area contributed by atoms with Gasteiger partial charge in [-0.05, 0) is 25.0 Å². The maximum atomic E-state index is 11.3. The quantitative estimate of drug-likeness (QED) is 0.799. The summed E-state index contributed by atoms with van der Waals surface area (Å²) in [5, 5.41) is 11.7. The van der Waals surface area contributed by atoms with Crippen LogP contribution in [-0.2, 0) is 4.79 Å². The fraction of sp³-hybridized carbons (Fsp3) is 0.500. The van der Waals surface area contributed by atoms with E-state index in [4.69, 9.17) is 9.68 Å². The highest BCUT2D eigenvalue weighted by Crippen LogP contribution is 2.20. The number of nitrogens with zero attached hydrogens (tertiary/aromatic N) is 1. The predicted molar refractivity (Wildman–Crippen MR) is 59.6 cm³/mol. The van der Waals surface area contributed by atoms with Gasteiger partial charge in [-0.3, -0.25) is 4.79 Å². The van der Waals surface area contributed by atoms with Gasteiger partial charge in [-0.15, -0.1) is 0 Å². The molecule has 1 amide bonds. The summed E-state index contributed by atoms with van der Waals surface area (Å²) < 4.78 is 5.15. The molecule has 0 saturated heterocycles. The van der Waals surface area contributed by atoms with Gasteiger partial charge < -0.3 is 9.73 Å². The largest absolute Gasteiger partial charge is 0.468 e. The maximum Gasteiger partial charge on any atom is 0.220 e. The van der Waals surface area contributed by atoms with E-state index in [9.17, 15) is 4.79 Å². The molecule has 86 valence electrons. The number of furan rings is 1. The summed E-state index contributed by atoms with van der Waals surface area (Å²) in [7, 11) is 0. The molecule has 1 aromatic heterocycles. The molecule has 0 aromatic carbocycles. The Morgan fingerprint density at radius 2 is 2.50 bits per heavy atom. The Kier molecular flexibility index (Phi) is 5.13. The number of amides is 1. The minimum atomic E-state index is -0.331. The Morgan fingerprint density at radius 1 is 1.69 bits per heavy atom. The van der Waals surface area contributed by atoms with Crippen LogP contribution in [0, 0.1) is 11.3 Å². The summed E-state index contributed by atoms with van der Waals surface area (Å²) in [6, 6.07) is 5.65. The van der Waals surface area contributed by atoms with Gasteiger partial charge >= 0.3 is 0 Å². The average Bonchev–Trinajstić information content (AvgIpc) is 2.81. The summed E-state index contributed by atoms with van der Waals surface area (Å²) in [5.41, 5.74) is 0. The number of hydrogen-bond acceptors (Lipinski definition) is 3. The van der Waals surface area contributed by atoms with E-state index >= 15 is 0 Å². The third-order valence-electron chi connectivity index (χ3n) is 2.27. The molecule has 0 aliphatic carbocycles. The van der Waals surface area contributed by atoms with Crippen LogP contribution >= 0.6 is 0 Å². The van der Waals surface area contributed by atoms with Gasteiger partial charge in [0.15, 0.2) is 0 Å². The number of nitrogens with one attached hydrogen (secondary N) is 1. The molecule has 1 rings (SSSR count). The van der Waals surface area contributed by atoms with E-state index in [-0.39, 0.29) is 11.8 Å². The topological polar surface area (TPSA) is 66.0 Å². The Hall–Kier alpha value is -1.76. The van der Waals surface area contributed by atoms with Crippen LogP contribution < -0.4 is 5.32 Å². The van der Waals surface area contributed by atoms with Gasteiger partial charge in [0.05, 0.1) is 12.3 Å². The number of hydrogen-bond donors (Lipinski definition) is 1. The molecule has 0 spiro atoms. The second-order valence-corrected chi connectivity index (χ2v) is 3.59. The van der Waals surface area contributed by atoms with Crippen molar-refractivity contribution in [2.75, 3.05) is 6.54 Å². The molecule has 4 heteroatoms. The van der Waals surface area contributed by atoms with Crippen LogP contribution in [0.15, 0.2) is 22.8 Å². The molecule has 0 aliphatic heterocycles. The van der Waals surface area contributed by atoms with E-state index in [0.717, 1.165) is 6.42 Å². The predicted octanol–water partition coefficient (Wildman–Crippen LogP) is 2.19. The molecule has 1 unspecified atom stereocenters. The minimum Gasteiger partial charge on any atom is -0.468 e. The first-order valence-electron chi connectivity index (χ1n) is 5.47. The summed E-state index contributed by atoms with van der Waals surface area (Å²) in [4.78, 5) is 11.3. The number of nitriles is 1. The normalized spacial score (nSPS) is 11.8. The highest BCUT2D eigenvalue weighted by molar-refractivity contribution is 5.75. The van der Waals surface area contributed by atoms with Crippen LogP contribution in [0.2, 0.25) is 0 Å². The van der Waals surface area contributed by atoms with Crippen LogP contribution in [0.3, 0.4) is 0 Å². The summed E-state index contributed by atoms with van der Waals surface area (Å²) >= 11 is 0. The molecule has 1 N–H and O–H groups in total. The van der Waals surface area contributed by atoms with E-state index in [2.05, 4.69) is 11.4 Å². The highest BCUT2D eigenvalue weighted by atomic mass is 16.3. The monoisotopic (exact) mass is 220 g/mol. The minimum absolute atomic E-state index is 0.00587. The zero-order chi connectivity index (χ0) is 11.8. The van der Waals surface area contributed by atoms with Crippen molar-refractivity contribution in [2.45, 2.75) is 32.1 Å². The third kappa shape index (κ3) is 3.77. The van der Waals surface area contributed by atoms with E-state index in [1.54, 1.807) is 12.1 Å². The lowest BCUT2D eigenvalue weighted by molar-refractivity contribution is -0.121. The first-order chi connectivity index (χ1) is 7.77. The van der Waals surface area contributed by atoms with Gasteiger partial charge in [0.25, 0.3) is 0 Å². The van der Waals surface area contributed by atoms with Gasteiger partial charge in [0, 0.05) is 13.0 Å². The van der Waals surface area contributed by atoms with Gasteiger partial charge in [-0.25, -0.2) is 0 Å². The van der Waals surface area contributed by atoms with Crippen molar-refractivity contribution in [1.82, 2.24) is 5.32 Å². The first kappa shape index (κ1) is 12.3. The lowest BCUT2D eigenvalue weighted by Gasteiger charge is -2.06. The second kappa shape index (κ2) is 6.67. The Bertz CT molecular complexity index is 352. The number of carbonyl (C=O) groups is 1. The molecular formula is C12H16N2O2. The Balaban J connectivity index is 2.36. The van der Waals surface area contributed by atoms with E-state index < -0.39 is 0 Å². The van der Waals surface area contributed by atoms with Crippen LogP contribution in [-0.4, -0.2) is 12.5 Å². The molecule has 4 nitrogen and oxygen atoms in total. The van der Waals surface area contributed by atoms with Crippen LogP contribution in [0.5, 0.6) is 0 Å². The van der Waals surface area contributed by atoms with Gasteiger partial charge in [0.1, 0.15) is 11.7 Å². The average molecular weight is 220 g/mol. The Morgan fingerprint density at radius 3 is 3.06 bits per heavy atom. The molecule has 1 heterocycles. The zero-order valence-electron chi connectivity index (χ0n) is 9.40. The molecule has 0 radical (unpaired) electrons. The van der Waals surface area contributed by atoms with Crippen molar-refractivity contribution in [3.8, 4) is 6.07 Å². The standard InChI is InChI=1S/C12H16N2O2/c1-2-7-14-12(15)6-5-10(9-13)11-4-3-8-16-11/h3-4,8,10H,2,5-7H2,1H3,(H,14,15). The summed E-state index contributed by atoms with van der Waals surface area (Å²) in [6.07, 6.45) is 3.32. The van der Waals surface area contributed by atoms with Gasteiger partial charge in [0.2, 0.25) is 5.91 Å². The molecule has 1 atom stereocenters. The molecule has 0 fully saturated rings. The summed E-state index contributed by atoms with van der Waals surface area (Å²) in [5.74, 6) is 0.293. The van der Waals surface area contributed by atoms with Crippen molar-refractivity contribution >= 4 is 5.91 Å². The molecule has 1 aromatic rings. The lowest BCUT2D eigenvalue weighted by atomic mass is 10.0. The van der Waals surface area contributed by atoms with Crippen molar-refractivity contribution in [1.29, 1.82) is 5.26 Å².